The first-order valence-corrected chi connectivity index (χ1v) is 14.0. The van der Waals surface area contributed by atoms with Crippen LogP contribution in [0.25, 0.3) is 0 Å². The Bertz CT molecular complexity index is 630. The Hall–Kier alpha value is 0.514. The Morgan fingerprint density at radius 3 is 1.72 bits per heavy atom. The minimum atomic E-state index is -1.31. The first kappa shape index (κ1) is 27.5. The van der Waals surface area contributed by atoms with E-state index in [-0.39, 0.29) is 37.9 Å². The zero-order valence-electron chi connectivity index (χ0n) is 19.2. The van der Waals surface area contributed by atoms with Crippen LogP contribution in [-0.2, 0) is 37.5 Å². The maximum absolute atomic E-state index is 13.7. The molecule has 1 N–H and O–H groups in total. The fourth-order valence-electron chi connectivity index (χ4n) is 4.73. The van der Waals surface area contributed by atoms with Gasteiger partial charge < -0.3 is 5.32 Å². The van der Waals surface area contributed by atoms with Gasteiger partial charge in [-0.1, -0.05) is 51.6 Å². The molecule has 5 heteroatoms. The fourth-order valence-corrected chi connectivity index (χ4v) is 11.3. The molecule has 1 amide bonds. The summed E-state index contributed by atoms with van der Waals surface area (Å²) in [4.78, 5) is 13.7. The van der Waals surface area contributed by atoms with E-state index in [1.54, 1.807) is 0 Å². The largest absolute Gasteiger partial charge is 0.322 e. The van der Waals surface area contributed by atoms with Crippen molar-refractivity contribution in [3.05, 3.63) is 28.3 Å². The Labute approximate surface area is 209 Å². The molecule has 1 aromatic carbocycles. The average Bonchev–Trinajstić information content (AvgIpc) is 3.46. The number of carbonyl (C=O) groups is 1. The zero-order valence-corrected chi connectivity index (χ0v) is 23.7. The van der Waals surface area contributed by atoms with E-state index in [0.717, 1.165) is 34.7 Å². The molecule has 1 aliphatic carbocycles. The summed E-state index contributed by atoms with van der Waals surface area (Å²) in [5, 5.41) is 4.05. The molecule has 1 fully saturated rings. The predicted octanol–water partition coefficient (Wildman–Crippen LogP) is 7.84. The number of unbranched alkanes of at least 4 members (excludes halogenated alkanes) is 3. The first-order valence-electron chi connectivity index (χ1n) is 11.3. The molecule has 1 saturated carbocycles. The summed E-state index contributed by atoms with van der Waals surface area (Å²) in [6.45, 7) is 10.9. The molecular formula is C24H40ClNOPY+. The maximum atomic E-state index is 13.7. The van der Waals surface area contributed by atoms with Gasteiger partial charge in [-0.05, 0) is 56.4 Å². The molecule has 29 heavy (non-hydrogen) atoms. The van der Waals surface area contributed by atoms with E-state index in [1.165, 1.54) is 57.0 Å². The van der Waals surface area contributed by atoms with Crippen molar-refractivity contribution in [2.75, 3.05) is 23.8 Å². The van der Waals surface area contributed by atoms with E-state index < -0.39 is 7.26 Å². The Morgan fingerprint density at radius 1 is 0.966 bits per heavy atom. The van der Waals surface area contributed by atoms with Crippen molar-refractivity contribution in [2.45, 2.75) is 91.1 Å². The van der Waals surface area contributed by atoms with Crippen LogP contribution >= 0.6 is 18.9 Å². The van der Waals surface area contributed by atoms with E-state index >= 15 is 0 Å². The number of carbonyl (C=O) groups excluding carboxylic acids is 1. The molecule has 161 valence electrons. The normalized spacial score (nSPS) is 15.0. The number of amides is 1. The van der Waals surface area contributed by atoms with Gasteiger partial charge in [0, 0.05) is 63.5 Å². The standard InChI is InChI=1S/C24H39ClNOP.Y/c1-6-9-14-28(15-10-7-2,16-11-8-3)24(12-13-24)23(27)26-22-19(4)17-21(25)18-20(22)5;/h17-18H,6-16H2,1-5H3;/p+1. The van der Waals surface area contributed by atoms with Gasteiger partial charge in [-0.25, -0.2) is 0 Å². The quantitative estimate of drug-likeness (QED) is 0.283. The van der Waals surface area contributed by atoms with Gasteiger partial charge in [0.05, 0.1) is 18.5 Å². The van der Waals surface area contributed by atoms with Crippen LogP contribution in [0, 0.1) is 13.8 Å². The van der Waals surface area contributed by atoms with Crippen LogP contribution in [0.1, 0.15) is 83.3 Å². The maximum Gasteiger partial charge on any atom is 0.268 e. The van der Waals surface area contributed by atoms with Gasteiger partial charge in [-0.3, -0.25) is 4.79 Å². The third-order valence-electron chi connectivity index (χ3n) is 6.61. The van der Waals surface area contributed by atoms with Gasteiger partial charge in [0.25, 0.3) is 5.91 Å². The van der Waals surface area contributed by atoms with Crippen LogP contribution in [0.4, 0.5) is 5.69 Å². The second-order valence-corrected chi connectivity index (χ2v) is 13.7. The van der Waals surface area contributed by atoms with E-state index in [4.69, 9.17) is 11.6 Å². The molecule has 0 atom stereocenters. The van der Waals surface area contributed by atoms with E-state index in [2.05, 4.69) is 26.1 Å². The van der Waals surface area contributed by atoms with Crippen LogP contribution in [-0.4, -0.2) is 29.5 Å². The smallest absolute Gasteiger partial charge is 0.268 e. The number of rotatable bonds is 12. The third-order valence-corrected chi connectivity index (χ3v) is 12.8. The number of halogens is 1. The Morgan fingerprint density at radius 2 is 1.38 bits per heavy atom. The minimum absolute atomic E-state index is 0. The third kappa shape index (κ3) is 6.50. The number of anilines is 1. The molecule has 1 aromatic rings. The summed E-state index contributed by atoms with van der Waals surface area (Å²) in [5.74, 6) is 0.303. The van der Waals surface area contributed by atoms with Crippen molar-refractivity contribution in [1.29, 1.82) is 0 Å². The van der Waals surface area contributed by atoms with E-state index in [1.807, 2.05) is 26.0 Å². The average molecular weight is 514 g/mol. The molecule has 0 saturated heterocycles. The summed E-state index contributed by atoms with van der Waals surface area (Å²) in [6, 6.07) is 3.91. The second-order valence-electron chi connectivity index (χ2n) is 8.78. The van der Waals surface area contributed by atoms with Gasteiger partial charge in [0.2, 0.25) is 0 Å². The fraction of sp³-hybridized carbons (Fsp3) is 0.708. The first-order chi connectivity index (χ1) is 13.4. The molecule has 0 aliphatic heterocycles. The van der Waals surface area contributed by atoms with Crippen molar-refractivity contribution in [1.82, 2.24) is 0 Å². The molecule has 1 aliphatic rings. The number of nitrogens with one attached hydrogen (secondary N) is 1. The van der Waals surface area contributed by atoms with Crippen LogP contribution in [0.3, 0.4) is 0 Å². The second kappa shape index (κ2) is 12.5. The van der Waals surface area contributed by atoms with Gasteiger partial charge >= 0.3 is 0 Å². The molecule has 0 unspecified atom stereocenters. The topological polar surface area (TPSA) is 29.1 Å². The van der Waals surface area contributed by atoms with Gasteiger partial charge in [-0.2, -0.15) is 0 Å². The Balaban J connectivity index is 0.00000420. The molecule has 1 radical (unpaired) electrons. The molecule has 2 rings (SSSR count). The van der Waals surface area contributed by atoms with E-state index in [0.29, 0.717) is 5.91 Å². The monoisotopic (exact) mass is 513 g/mol. The summed E-state index contributed by atoms with van der Waals surface area (Å²) in [6.07, 6.45) is 13.6. The van der Waals surface area contributed by atoms with Gasteiger partial charge in [0.1, 0.15) is 0 Å². The van der Waals surface area contributed by atoms with Crippen molar-refractivity contribution in [3.63, 3.8) is 0 Å². The molecule has 2 nitrogen and oxygen atoms in total. The molecular weight excluding hydrogens is 474 g/mol. The van der Waals surface area contributed by atoms with Crippen LogP contribution < -0.4 is 5.32 Å². The molecule has 0 bridgehead atoms. The molecule has 0 spiro atoms. The SMILES string of the molecule is CCCC[P+](CCCC)(CCCC)C1(C(=O)Nc2c(C)cc(Cl)cc2C)CC1.[Y]. The van der Waals surface area contributed by atoms with Crippen LogP contribution in [0.15, 0.2) is 12.1 Å². The number of aryl methyl sites for hydroxylation is 2. The number of benzene rings is 1. The van der Waals surface area contributed by atoms with Crippen molar-refractivity contribution >= 4 is 30.5 Å². The molecule has 0 heterocycles. The summed E-state index contributed by atoms with van der Waals surface area (Å²) in [5.41, 5.74) is 3.10. The summed E-state index contributed by atoms with van der Waals surface area (Å²) >= 11 is 6.20. The zero-order chi connectivity index (χ0) is 20.8. The van der Waals surface area contributed by atoms with Crippen LogP contribution in [0.2, 0.25) is 5.02 Å². The van der Waals surface area contributed by atoms with Crippen molar-refractivity contribution in [2.24, 2.45) is 0 Å². The van der Waals surface area contributed by atoms with Gasteiger partial charge in [-0.15, -0.1) is 0 Å². The van der Waals surface area contributed by atoms with Crippen molar-refractivity contribution < 1.29 is 37.5 Å². The molecule has 0 aromatic heterocycles. The predicted molar refractivity (Wildman–Crippen MR) is 128 cm³/mol. The summed E-state index contributed by atoms with van der Waals surface area (Å²) < 4.78 is 0. The number of hydrogen-bond donors (Lipinski definition) is 1. The van der Waals surface area contributed by atoms with E-state index in [9.17, 15) is 4.79 Å². The Kier molecular flexibility index (Phi) is 11.9. The minimum Gasteiger partial charge on any atom is -0.322 e. The van der Waals surface area contributed by atoms with Crippen LogP contribution in [0.5, 0.6) is 0 Å². The van der Waals surface area contributed by atoms with Gasteiger partial charge in [0.15, 0.2) is 5.16 Å². The summed E-state index contributed by atoms with van der Waals surface area (Å²) in [7, 11) is -1.31. The number of hydrogen-bond acceptors (Lipinski definition) is 1. The van der Waals surface area contributed by atoms with Crippen molar-refractivity contribution in [3.8, 4) is 0 Å².